The molecule has 146 valence electrons. The first-order chi connectivity index (χ1) is 14.2. The van der Waals surface area contributed by atoms with E-state index in [0.29, 0.717) is 22.7 Å². The number of nitrogens with zero attached hydrogens (tertiary/aromatic N) is 4. The lowest BCUT2D eigenvalue weighted by Gasteiger charge is -2.12. The molecule has 0 fully saturated rings. The predicted molar refractivity (Wildman–Crippen MR) is 116 cm³/mol. The number of carbonyl (C=O) groups excluding carboxylic acids is 1. The molecular weight excluding hydrogens is 406 g/mol. The summed E-state index contributed by atoms with van der Waals surface area (Å²) in [4.78, 5) is 30.3. The van der Waals surface area contributed by atoms with Crippen molar-refractivity contribution in [2.45, 2.75) is 17.8 Å². The number of hydrogen-bond acceptors (Lipinski definition) is 7. The second-order valence-corrected chi connectivity index (χ2v) is 8.60. The van der Waals surface area contributed by atoms with Crippen molar-refractivity contribution in [3.8, 4) is 0 Å². The van der Waals surface area contributed by atoms with E-state index in [4.69, 9.17) is 0 Å². The number of nitrogens with one attached hydrogen (secondary N) is 1. The number of aromatic nitrogens is 4. The van der Waals surface area contributed by atoms with Crippen LogP contribution in [0.15, 0.2) is 63.9 Å². The molecule has 4 rings (SSSR count). The van der Waals surface area contributed by atoms with Crippen LogP contribution >= 0.6 is 23.1 Å². The minimum Gasteiger partial charge on any atom is -0.296 e. The van der Waals surface area contributed by atoms with Crippen LogP contribution in [-0.4, -0.2) is 31.4 Å². The van der Waals surface area contributed by atoms with E-state index >= 15 is 0 Å². The average molecular weight is 424 g/mol. The highest BCUT2D eigenvalue weighted by molar-refractivity contribution is 8.01. The van der Waals surface area contributed by atoms with E-state index in [2.05, 4.69) is 20.5 Å². The number of rotatable bonds is 6. The van der Waals surface area contributed by atoms with Crippen LogP contribution < -0.4 is 10.9 Å². The molecule has 0 atom stereocenters. The quantitative estimate of drug-likeness (QED) is 0.376. The van der Waals surface area contributed by atoms with Gasteiger partial charge in [-0.25, -0.2) is 4.98 Å². The first-order valence-electron chi connectivity index (χ1n) is 8.96. The largest absolute Gasteiger partial charge is 0.296 e. The van der Waals surface area contributed by atoms with Crippen LogP contribution in [0.1, 0.15) is 22.8 Å². The molecule has 29 heavy (non-hydrogen) atoms. The van der Waals surface area contributed by atoms with E-state index in [0.717, 1.165) is 15.7 Å². The predicted octanol–water partition coefficient (Wildman–Crippen LogP) is 3.66. The third-order valence-electron chi connectivity index (χ3n) is 4.17. The molecule has 3 heterocycles. The van der Waals surface area contributed by atoms with Gasteiger partial charge in [-0.1, -0.05) is 60.4 Å². The van der Waals surface area contributed by atoms with Gasteiger partial charge >= 0.3 is 0 Å². The minimum absolute atomic E-state index is 0.0429. The van der Waals surface area contributed by atoms with E-state index in [-0.39, 0.29) is 5.56 Å². The van der Waals surface area contributed by atoms with Crippen LogP contribution in [0.5, 0.6) is 0 Å². The molecule has 4 aromatic rings. The molecular formula is C20H17N5O2S2. The van der Waals surface area contributed by atoms with Gasteiger partial charge in [0.05, 0.1) is 6.54 Å². The first-order valence-corrected chi connectivity index (χ1v) is 10.8. The molecule has 1 N–H and O–H groups in total. The van der Waals surface area contributed by atoms with Gasteiger partial charge in [0.25, 0.3) is 11.5 Å². The third kappa shape index (κ3) is 4.20. The second-order valence-electron chi connectivity index (χ2n) is 6.11. The Hall–Kier alpha value is -3.04. The normalized spacial score (nSPS) is 10.9. The van der Waals surface area contributed by atoms with Crippen LogP contribution in [-0.2, 0) is 6.54 Å². The van der Waals surface area contributed by atoms with Crippen LogP contribution in [0.2, 0.25) is 0 Å². The van der Waals surface area contributed by atoms with Crippen molar-refractivity contribution in [2.24, 2.45) is 0 Å². The monoisotopic (exact) mass is 423 g/mol. The molecule has 3 aromatic heterocycles. The van der Waals surface area contributed by atoms with Gasteiger partial charge < -0.3 is 0 Å². The van der Waals surface area contributed by atoms with Gasteiger partial charge in [0.1, 0.15) is 11.2 Å². The molecule has 9 heteroatoms. The number of fused-ring (bicyclic) bond motifs is 1. The Morgan fingerprint density at radius 2 is 2.00 bits per heavy atom. The van der Waals surface area contributed by atoms with Crippen LogP contribution in [0.25, 0.3) is 11.0 Å². The summed E-state index contributed by atoms with van der Waals surface area (Å²) < 4.78 is 2.30. The maximum Gasteiger partial charge on any atom is 0.265 e. The molecule has 0 aliphatic heterocycles. The van der Waals surface area contributed by atoms with Gasteiger partial charge in [-0.3, -0.25) is 19.5 Å². The molecule has 0 unspecified atom stereocenters. The van der Waals surface area contributed by atoms with Crippen molar-refractivity contribution < 1.29 is 4.79 Å². The summed E-state index contributed by atoms with van der Waals surface area (Å²) in [5.41, 5.74) is 1.13. The standard InChI is InChI=1S/C20H17N5O2S2/c1-2-28-20-24-23-19(29-20)22-17(26)15-11-14-9-6-10-21-16(14)25(18(15)27)12-13-7-4-3-5-8-13/h3-11H,2,12H2,1H3,(H,22,23,26). The molecule has 0 bridgehead atoms. The summed E-state index contributed by atoms with van der Waals surface area (Å²) in [6.45, 7) is 2.34. The number of hydrogen-bond donors (Lipinski definition) is 1. The zero-order valence-corrected chi connectivity index (χ0v) is 17.2. The molecule has 1 amide bonds. The lowest BCUT2D eigenvalue weighted by atomic mass is 10.1. The van der Waals surface area contributed by atoms with E-state index in [1.165, 1.54) is 15.9 Å². The maximum atomic E-state index is 13.2. The number of carbonyl (C=O) groups is 1. The molecule has 0 saturated heterocycles. The highest BCUT2D eigenvalue weighted by atomic mass is 32.2. The number of pyridine rings is 2. The number of thioether (sulfide) groups is 1. The van der Waals surface area contributed by atoms with Crippen molar-refractivity contribution in [2.75, 3.05) is 11.1 Å². The van der Waals surface area contributed by atoms with Gasteiger partial charge in [0.2, 0.25) is 5.13 Å². The van der Waals surface area contributed by atoms with Crippen LogP contribution in [0.4, 0.5) is 5.13 Å². The van der Waals surface area contributed by atoms with E-state index in [1.54, 1.807) is 30.1 Å². The molecule has 0 saturated carbocycles. The Kier molecular flexibility index (Phi) is 5.68. The maximum absolute atomic E-state index is 13.2. The highest BCUT2D eigenvalue weighted by Crippen LogP contribution is 2.25. The Morgan fingerprint density at radius 3 is 2.79 bits per heavy atom. The SMILES string of the molecule is CCSc1nnc(NC(=O)c2cc3cccnc3n(Cc3ccccc3)c2=O)s1. The summed E-state index contributed by atoms with van der Waals surface area (Å²) in [6.07, 6.45) is 1.64. The average Bonchev–Trinajstić information content (AvgIpc) is 3.17. The van der Waals surface area contributed by atoms with Gasteiger partial charge in [-0.15, -0.1) is 10.2 Å². The summed E-state index contributed by atoms with van der Waals surface area (Å²) in [5.74, 6) is 0.358. The second kappa shape index (κ2) is 8.54. The van der Waals surface area contributed by atoms with E-state index in [1.807, 2.05) is 43.3 Å². The van der Waals surface area contributed by atoms with Gasteiger partial charge in [-0.05, 0) is 29.5 Å². The van der Waals surface area contributed by atoms with Crippen LogP contribution in [0.3, 0.4) is 0 Å². The summed E-state index contributed by atoms with van der Waals surface area (Å²) in [5, 5.41) is 11.8. The number of benzene rings is 1. The summed E-state index contributed by atoms with van der Waals surface area (Å²) >= 11 is 2.83. The number of anilines is 1. The Balaban J connectivity index is 1.73. The van der Waals surface area contributed by atoms with Crippen molar-refractivity contribution >= 4 is 45.2 Å². The van der Waals surface area contributed by atoms with Gasteiger partial charge in [0, 0.05) is 11.6 Å². The van der Waals surface area contributed by atoms with Gasteiger partial charge in [-0.2, -0.15) is 0 Å². The molecule has 7 nitrogen and oxygen atoms in total. The molecule has 0 aliphatic carbocycles. The molecule has 0 spiro atoms. The third-order valence-corrected chi connectivity index (χ3v) is 6.02. The van der Waals surface area contributed by atoms with Crippen molar-refractivity contribution in [3.05, 3.63) is 76.2 Å². The fourth-order valence-electron chi connectivity index (χ4n) is 2.89. The Morgan fingerprint density at radius 1 is 1.17 bits per heavy atom. The molecule has 0 radical (unpaired) electrons. The summed E-state index contributed by atoms with van der Waals surface area (Å²) in [6, 6.07) is 14.8. The Labute approximate surface area is 174 Å². The lowest BCUT2D eigenvalue weighted by Crippen LogP contribution is -2.30. The lowest BCUT2D eigenvalue weighted by molar-refractivity contribution is 0.102. The fraction of sp³-hybridized carbons (Fsp3) is 0.150. The van der Waals surface area contributed by atoms with Gasteiger partial charge in [0.15, 0.2) is 4.34 Å². The minimum atomic E-state index is -0.508. The summed E-state index contributed by atoms with van der Waals surface area (Å²) in [7, 11) is 0. The molecule has 1 aromatic carbocycles. The molecule has 0 aliphatic rings. The highest BCUT2D eigenvalue weighted by Gasteiger charge is 2.18. The Bertz CT molecular complexity index is 1220. The van der Waals surface area contributed by atoms with E-state index < -0.39 is 11.5 Å². The first kappa shape index (κ1) is 19.3. The van der Waals surface area contributed by atoms with Crippen molar-refractivity contribution in [3.63, 3.8) is 0 Å². The van der Waals surface area contributed by atoms with E-state index in [9.17, 15) is 9.59 Å². The van der Waals surface area contributed by atoms with Crippen molar-refractivity contribution in [1.29, 1.82) is 0 Å². The van der Waals surface area contributed by atoms with Crippen molar-refractivity contribution in [1.82, 2.24) is 19.7 Å². The van der Waals surface area contributed by atoms with Crippen LogP contribution in [0, 0.1) is 0 Å². The topological polar surface area (TPSA) is 89.8 Å². The fourth-order valence-corrected chi connectivity index (χ4v) is 4.53. The zero-order chi connectivity index (χ0) is 20.2. The zero-order valence-electron chi connectivity index (χ0n) is 15.5. The number of amides is 1. The smallest absolute Gasteiger partial charge is 0.265 e.